The van der Waals surface area contributed by atoms with Crippen molar-refractivity contribution in [3.05, 3.63) is 34.1 Å². The third kappa shape index (κ3) is 3.74. The monoisotopic (exact) mass is 306 g/mol. The van der Waals surface area contributed by atoms with E-state index in [0.717, 1.165) is 5.56 Å². The quantitative estimate of drug-likeness (QED) is 0.850. The number of methoxy groups -OCH3 is 2. The highest BCUT2D eigenvalue weighted by atomic mass is 79.9. The van der Waals surface area contributed by atoms with Crippen LogP contribution in [0.5, 0.6) is 0 Å². The average molecular weight is 307 g/mol. The molecule has 0 aliphatic rings. The minimum Gasteiger partial charge on any atom is -0.385 e. The Kier molecular flexibility index (Phi) is 5.06. The zero-order chi connectivity index (χ0) is 13.1. The van der Waals surface area contributed by atoms with Gasteiger partial charge in [0.25, 0.3) is 0 Å². The molecular weight excluding hydrogens is 291 g/mol. The van der Waals surface area contributed by atoms with E-state index in [2.05, 4.69) is 15.9 Å². The molecule has 0 spiro atoms. The maximum atomic E-state index is 13.1. The lowest BCUT2D eigenvalue weighted by Gasteiger charge is -2.30. The van der Waals surface area contributed by atoms with Crippen LogP contribution < -0.4 is 0 Å². The van der Waals surface area contributed by atoms with Crippen molar-refractivity contribution >= 4 is 15.9 Å². The second-order valence-electron chi connectivity index (χ2n) is 4.09. The van der Waals surface area contributed by atoms with E-state index in [-0.39, 0.29) is 5.82 Å². The van der Waals surface area contributed by atoms with E-state index in [4.69, 9.17) is 9.47 Å². The van der Waals surface area contributed by atoms with E-state index in [1.54, 1.807) is 19.1 Å². The molecule has 0 heterocycles. The van der Waals surface area contributed by atoms with E-state index in [9.17, 15) is 9.50 Å². The third-order valence-electron chi connectivity index (χ3n) is 2.48. The van der Waals surface area contributed by atoms with Crippen molar-refractivity contribution in [2.24, 2.45) is 0 Å². The zero-order valence-electron chi connectivity index (χ0n) is 10.0. The molecular formula is C12H16BrFO3. The number of benzene rings is 1. The van der Waals surface area contributed by atoms with Gasteiger partial charge in [-0.15, -0.1) is 0 Å². The van der Waals surface area contributed by atoms with Crippen molar-refractivity contribution in [2.75, 3.05) is 14.2 Å². The summed E-state index contributed by atoms with van der Waals surface area (Å²) in [7, 11) is 2.92. The molecule has 0 aromatic heterocycles. The Balaban J connectivity index is 2.85. The van der Waals surface area contributed by atoms with Gasteiger partial charge >= 0.3 is 0 Å². The Hall–Kier alpha value is -0.490. The second kappa shape index (κ2) is 5.91. The van der Waals surface area contributed by atoms with Crippen LogP contribution in [-0.2, 0) is 15.9 Å². The van der Waals surface area contributed by atoms with Crippen LogP contribution in [0.1, 0.15) is 12.5 Å². The highest BCUT2D eigenvalue weighted by Gasteiger charge is 2.32. The largest absolute Gasteiger partial charge is 0.385 e. The summed E-state index contributed by atoms with van der Waals surface area (Å²) in [4.78, 5) is 0. The Morgan fingerprint density at radius 2 is 2.00 bits per heavy atom. The summed E-state index contributed by atoms with van der Waals surface area (Å²) < 4.78 is 23.5. The van der Waals surface area contributed by atoms with Gasteiger partial charge in [0.15, 0.2) is 6.29 Å². The van der Waals surface area contributed by atoms with E-state index in [1.165, 1.54) is 20.3 Å². The number of hydrogen-bond acceptors (Lipinski definition) is 3. The first kappa shape index (κ1) is 14.6. The maximum Gasteiger partial charge on any atom is 0.185 e. The van der Waals surface area contributed by atoms with Crippen molar-refractivity contribution in [3.8, 4) is 0 Å². The molecule has 0 saturated heterocycles. The van der Waals surface area contributed by atoms with Crippen LogP contribution in [0.25, 0.3) is 0 Å². The maximum absolute atomic E-state index is 13.1. The lowest BCUT2D eigenvalue weighted by molar-refractivity contribution is -0.207. The van der Waals surface area contributed by atoms with Crippen LogP contribution in [0.3, 0.4) is 0 Å². The molecule has 1 aromatic carbocycles. The molecule has 1 rings (SSSR count). The predicted molar refractivity (Wildman–Crippen MR) is 66.2 cm³/mol. The molecule has 3 nitrogen and oxygen atoms in total. The molecule has 0 fully saturated rings. The molecule has 1 aromatic rings. The Morgan fingerprint density at radius 3 is 2.47 bits per heavy atom. The Bertz CT molecular complexity index is 378. The molecule has 1 unspecified atom stereocenters. The average Bonchev–Trinajstić information content (AvgIpc) is 2.24. The zero-order valence-corrected chi connectivity index (χ0v) is 11.6. The summed E-state index contributed by atoms with van der Waals surface area (Å²) in [6.07, 6.45) is -0.426. The lowest BCUT2D eigenvalue weighted by Crippen LogP contribution is -2.43. The third-order valence-corrected chi connectivity index (χ3v) is 3.09. The van der Waals surface area contributed by atoms with Gasteiger partial charge in [-0.05, 0) is 40.5 Å². The van der Waals surface area contributed by atoms with Gasteiger partial charge in [0.1, 0.15) is 11.4 Å². The fraction of sp³-hybridized carbons (Fsp3) is 0.500. The fourth-order valence-corrected chi connectivity index (χ4v) is 2.18. The van der Waals surface area contributed by atoms with Crippen LogP contribution in [0.2, 0.25) is 0 Å². The van der Waals surface area contributed by atoms with E-state index >= 15 is 0 Å². The topological polar surface area (TPSA) is 38.7 Å². The second-order valence-corrected chi connectivity index (χ2v) is 4.94. The highest BCUT2D eigenvalue weighted by molar-refractivity contribution is 9.10. The number of ether oxygens (including phenoxy) is 2. The van der Waals surface area contributed by atoms with Crippen LogP contribution >= 0.6 is 15.9 Å². The number of hydrogen-bond donors (Lipinski definition) is 1. The molecule has 96 valence electrons. The van der Waals surface area contributed by atoms with Gasteiger partial charge < -0.3 is 14.6 Å². The number of halogens is 2. The van der Waals surface area contributed by atoms with Crippen LogP contribution in [-0.4, -0.2) is 31.2 Å². The summed E-state index contributed by atoms with van der Waals surface area (Å²) in [5.74, 6) is -0.330. The molecule has 0 aliphatic carbocycles. The van der Waals surface area contributed by atoms with Gasteiger partial charge in [-0.2, -0.15) is 0 Å². The molecule has 5 heteroatoms. The molecule has 1 N–H and O–H groups in total. The Labute approximate surface area is 109 Å². The summed E-state index contributed by atoms with van der Waals surface area (Å²) in [5.41, 5.74) is -0.386. The molecule has 17 heavy (non-hydrogen) atoms. The van der Waals surface area contributed by atoms with Gasteiger partial charge in [0, 0.05) is 20.6 Å². The summed E-state index contributed by atoms with van der Waals surface area (Å²) in [6.45, 7) is 1.61. The summed E-state index contributed by atoms with van der Waals surface area (Å²) in [5, 5.41) is 10.2. The first-order valence-corrected chi connectivity index (χ1v) is 5.92. The Morgan fingerprint density at radius 1 is 1.41 bits per heavy atom. The minimum absolute atomic E-state index is 0.304. The summed E-state index contributed by atoms with van der Waals surface area (Å²) in [6, 6.07) is 4.60. The molecule has 0 bridgehead atoms. The van der Waals surface area contributed by atoms with Crippen molar-refractivity contribution < 1.29 is 19.0 Å². The lowest BCUT2D eigenvalue weighted by atomic mass is 9.96. The fourth-order valence-electron chi connectivity index (χ4n) is 1.75. The van der Waals surface area contributed by atoms with Crippen molar-refractivity contribution in [1.82, 2.24) is 0 Å². The first-order valence-electron chi connectivity index (χ1n) is 5.12. The van der Waals surface area contributed by atoms with Gasteiger partial charge in [-0.25, -0.2) is 4.39 Å². The van der Waals surface area contributed by atoms with Crippen LogP contribution in [0.4, 0.5) is 4.39 Å². The van der Waals surface area contributed by atoms with E-state index in [1.807, 2.05) is 0 Å². The molecule has 0 radical (unpaired) electrons. The van der Waals surface area contributed by atoms with Crippen LogP contribution in [0, 0.1) is 5.82 Å². The normalized spacial score (nSPS) is 15.0. The molecule has 0 saturated carbocycles. The van der Waals surface area contributed by atoms with Gasteiger partial charge in [0.05, 0.1) is 4.47 Å². The van der Waals surface area contributed by atoms with Gasteiger partial charge in [0.2, 0.25) is 0 Å². The minimum atomic E-state index is -1.18. The van der Waals surface area contributed by atoms with Crippen molar-refractivity contribution in [3.63, 3.8) is 0 Å². The van der Waals surface area contributed by atoms with Gasteiger partial charge in [-0.3, -0.25) is 0 Å². The van der Waals surface area contributed by atoms with Crippen LogP contribution in [0.15, 0.2) is 22.7 Å². The van der Waals surface area contributed by atoms with Gasteiger partial charge in [-0.1, -0.05) is 6.07 Å². The smallest absolute Gasteiger partial charge is 0.185 e. The van der Waals surface area contributed by atoms with E-state index < -0.39 is 11.9 Å². The SMILES string of the molecule is COC(OC)C(C)(O)Cc1ccc(F)c(Br)c1. The first-order chi connectivity index (χ1) is 7.90. The highest BCUT2D eigenvalue weighted by Crippen LogP contribution is 2.23. The predicted octanol–water partition coefficient (Wildman–Crippen LogP) is 2.50. The molecule has 1 atom stereocenters. The summed E-state index contributed by atoms with van der Waals surface area (Å²) >= 11 is 3.11. The van der Waals surface area contributed by atoms with E-state index in [0.29, 0.717) is 10.9 Å². The molecule has 0 aliphatic heterocycles. The number of aliphatic hydroxyl groups is 1. The van der Waals surface area contributed by atoms with Crippen molar-refractivity contribution in [2.45, 2.75) is 25.2 Å². The van der Waals surface area contributed by atoms with Crippen molar-refractivity contribution in [1.29, 1.82) is 0 Å². The number of rotatable bonds is 5. The molecule has 0 amide bonds. The standard InChI is InChI=1S/C12H16BrFO3/c1-12(15,11(16-2)17-3)7-8-4-5-10(14)9(13)6-8/h4-6,11,15H,7H2,1-3H3.